The largest absolute Gasteiger partial charge is 0.350 e. The van der Waals surface area contributed by atoms with E-state index in [-0.39, 0.29) is 17.3 Å². The van der Waals surface area contributed by atoms with Crippen molar-refractivity contribution in [2.75, 3.05) is 6.54 Å². The number of benzene rings is 2. The van der Waals surface area contributed by atoms with Crippen LogP contribution in [0, 0.1) is 13.8 Å². The number of pyridine rings is 1. The fourth-order valence-corrected chi connectivity index (χ4v) is 4.62. The Balaban J connectivity index is 1.91. The number of aromatic nitrogens is 1. The second kappa shape index (κ2) is 8.35. The first-order valence-electron chi connectivity index (χ1n) is 8.94. The fourth-order valence-electron chi connectivity index (χ4n) is 2.97. The Morgan fingerprint density at radius 1 is 1.00 bits per heavy atom. The Bertz CT molecular complexity index is 1060. The van der Waals surface area contributed by atoms with Crippen LogP contribution in [0.3, 0.4) is 0 Å². The van der Waals surface area contributed by atoms with Crippen LogP contribution in [0.15, 0.2) is 78.0 Å². The normalized spacial score (nSPS) is 12.4. The third-order valence-corrected chi connectivity index (χ3v) is 6.74. The number of sulfone groups is 1. The van der Waals surface area contributed by atoms with Crippen LogP contribution in [0.2, 0.25) is 0 Å². The van der Waals surface area contributed by atoms with Gasteiger partial charge in [0.1, 0.15) is 5.25 Å². The summed E-state index contributed by atoms with van der Waals surface area (Å²) >= 11 is 0. The maximum absolute atomic E-state index is 13.3. The maximum Gasteiger partial charge on any atom is 0.251 e. The van der Waals surface area contributed by atoms with Crippen LogP contribution in [-0.2, 0) is 9.84 Å². The smallest absolute Gasteiger partial charge is 0.251 e. The molecule has 5 nitrogen and oxygen atoms in total. The molecule has 1 heterocycles. The molecule has 0 unspecified atom stereocenters. The minimum absolute atomic E-state index is 0.0466. The van der Waals surface area contributed by atoms with Gasteiger partial charge in [0.05, 0.1) is 4.90 Å². The summed E-state index contributed by atoms with van der Waals surface area (Å²) in [5, 5.41) is 1.85. The number of hydrogen-bond donors (Lipinski definition) is 1. The van der Waals surface area contributed by atoms with Crippen molar-refractivity contribution in [1.82, 2.24) is 10.3 Å². The van der Waals surface area contributed by atoms with E-state index in [0.29, 0.717) is 11.1 Å². The average molecular weight is 394 g/mol. The third-order valence-electron chi connectivity index (χ3n) is 4.62. The summed E-state index contributed by atoms with van der Waals surface area (Å²) in [6.45, 7) is 3.70. The van der Waals surface area contributed by atoms with E-state index in [4.69, 9.17) is 0 Å². The van der Waals surface area contributed by atoms with E-state index in [2.05, 4.69) is 10.3 Å². The van der Waals surface area contributed by atoms with Crippen LogP contribution < -0.4 is 5.32 Å². The van der Waals surface area contributed by atoms with E-state index in [9.17, 15) is 13.2 Å². The first kappa shape index (κ1) is 19.8. The van der Waals surface area contributed by atoms with Crippen molar-refractivity contribution in [2.24, 2.45) is 0 Å². The Hall–Kier alpha value is -2.99. The molecule has 3 rings (SSSR count). The molecule has 0 aliphatic rings. The zero-order chi connectivity index (χ0) is 20.1. The zero-order valence-electron chi connectivity index (χ0n) is 15.8. The summed E-state index contributed by atoms with van der Waals surface area (Å²) in [6.07, 6.45) is 3.11. The van der Waals surface area contributed by atoms with E-state index in [0.717, 1.165) is 11.1 Å². The van der Waals surface area contributed by atoms with E-state index in [1.165, 1.54) is 6.20 Å². The van der Waals surface area contributed by atoms with Crippen LogP contribution in [0.5, 0.6) is 0 Å². The SMILES string of the molecule is Cc1ccc(S(=O)(=O)[C@@H](CNC(=O)c2ccccc2C)c2cccnc2)cc1. The third kappa shape index (κ3) is 4.28. The Morgan fingerprint density at radius 3 is 2.36 bits per heavy atom. The highest BCUT2D eigenvalue weighted by molar-refractivity contribution is 7.91. The second-order valence-electron chi connectivity index (χ2n) is 6.66. The molecule has 1 amide bonds. The van der Waals surface area contributed by atoms with Crippen molar-refractivity contribution in [3.05, 3.63) is 95.3 Å². The van der Waals surface area contributed by atoms with Gasteiger partial charge in [-0.05, 0) is 49.2 Å². The molecule has 0 saturated heterocycles. The number of carbonyl (C=O) groups excluding carboxylic acids is 1. The van der Waals surface area contributed by atoms with Gasteiger partial charge in [-0.25, -0.2) is 8.42 Å². The standard InChI is InChI=1S/C22H22N2O3S/c1-16-9-11-19(12-10-16)28(26,27)21(18-7-5-13-23-14-18)15-24-22(25)20-8-4-3-6-17(20)2/h3-14,21H,15H2,1-2H3,(H,24,25)/t21-/m0/s1. The quantitative estimate of drug-likeness (QED) is 0.692. The lowest BCUT2D eigenvalue weighted by molar-refractivity contribution is 0.0953. The predicted molar refractivity (Wildman–Crippen MR) is 109 cm³/mol. The molecule has 28 heavy (non-hydrogen) atoms. The fraction of sp³-hybridized carbons (Fsp3) is 0.182. The minimum Gasteiger partial charge on any atom is -0.350 e. The van der Waals surface area contributed by atoms with Gasteiger partial charge in [0.2, 0.25) is 0 Å². The highest BCUT2D eigenvalue weighted by atomic mass is 32.2. The molecule has 0 radical (unpaired) electrons. The summed E-state index contributed by atoms with van der Waals surface area (Å²) in [5.41, 5.74) is 2.87. The van der Waals surface area contributed by atoms with Gasteiger partial charge in [0, 0.05) is 24.5 Å². The summed E-state index contributed by atoms with van der Waals surface area (Å²) in [5.74, 6) is -0.300. The average Bonchev–Trinajstić information content (AvgIpc) is 2.69. The van der Waals surface area contributed by atoms with Crippen LogP contribution in [-0.4, -0.2) is 25.9 Å². The zero-order valence-corrected chi connectivity index (χ0v) is 16.6. The number of hydrogen-bond acceptors (Lipinski definition) is 4. The number of carbonyl (C=O) groups is 1. The maximum atomic E-state index is 13.3. The number of nitrogens with zero attached hydrogens (tertiary/aromatic N) is 1. The monoisotopic (exact) mass is 394 g/mol. The number of aryl methyl sites for hydroxylation is 2. The van der Waals surface area contributed by atoms with Crippen molar-refractivity contribution in [2.45, 2.75) is 24.0 Å². The molecule has 1 atom stereocenters. The van der Waals surface area contributed by atoms with E-state index in [1.807, 2.05) is 26.0 Å². The van der Waals surface area contributed by atoms with Crippen LogP contribution in [0.25, 0.3) is 0 Å². The molecular formula is C22H22N2O3S. The van der Waals surface area contributed by atoms with Crippen LogP contribution in [0.1, 0.15) is 32.3 Å². The Labute approximate surface area is 165 Å². The molecule has 144 valence electrons. The predicted octanol–water partition coefficient (Wildman–Crippen LogP) is 3.64. The molecule has 6 heteroatoms. The van der Waals surface area contributed by atoms with Gasteiger partial charge in [0.25, 0.3) is 5.91 Å². The number of nitrogens with one attached hydrogen (secondary N) is 1. The molecule has 0 bridgehead atoms. The minimum atomic E-state index is -3.71. The van der Waals surface area contributed by atoms with E-state index < -0.39 is 15.1 Å². The molecule has 2 aromatic carbocycles. The van der Waals surface area contributed by atoms with Crippen molar-refractivity contribution in [1.29, 1.82) is 0 Å². The molecular weight excluding hydrogens is 372 g/mol. The van der Waals surface area contributed by atoms with Crippen molar-refractivity contribution >= 4 is 15.7 Å². The molecule has 0 spiro atoms. The first-order valence-corrected chi connectivity index (χ1v) is 10.5. The van der Waals surface area contributed by atoms with Gasteiger partial charge in [-0.1, -0.05) is 42.0 Å². The van der Waals surface area contributed by atoms with Gasteiger partial charge in [-0.2, -0.15) is 0 Å². The van der Waals surface area contributed by atoms with Crippen molar-refractivity contribution < 1.29 is 13.2 Å². The second-order valence-corrected chi connectivity index (χ2v) is 8.79. The molecule has 0 aliphatic carbocycles. The highest BCUT2D eigenvalue weighted by Crippen LogP contribution is 2.28. The number of rotatable bonds is 6. The van der Waals surface area contributed by atoms with Crippen molar-refractivity contribution in [3.8, 4) is 0 Å². The summed E-state index contributed by atoms with van der Waals surface area (Å²) in [6, 6.07) is 17.3. The summed E-state index contributed by atoms with van der Waals surface area (Å²) in [4.78, 5) is 16.9. The van der Waals surface area contributed by atoms with Crippen molar-refractivity contribution in [3.63, 3.8) is 0 Å². The van der Waals surface area contributed by atoms with Gasteiger partial charge in [0.15, 0.2) is 9.84 Å². The van der Waals surface area contributed by atoms with Crippen LogP contribution >= 0.6 is 0 Å². The Kier molecular flexibility index (Phi) is 5.90. The lowest BCUT2D eigenvalue weighted by Crippen LogP contribution is -2.32. The topological polar surface area (TPSA) is 76.1 Å². The lowest BCUT2D eigenvalue weighted by Gasteiger charge is -2.19. The Morgan fingerprint density at radius 2 is 1.71 bits per heavy atom. The molecule has 3 aromatic rings. The summed E-state index contributed by atoms with van der Waals surface area (Å²) in [7, 11) is -3.71. The van der Waals surface area contributed by atoms with Gasteiger partial charge >= 0.3 is 0 Å². The van der Waals surface area contributed by atoms with E-state index in [1.54, 1.807) is 54.7 Å². The molecule has 0 aliphatic heterocycles. The number of amides is 1. The van der Waals surface area contributed by atoms with Gasteiger partial charge in [-0.3, -0.25) is 9.78 Å². The first-order chi connectivity index (χ1) is 13.4. The lowest BCUT2D eigenvalue weighted by atomic mass is 10.1. The molecule has 0 saturated carbocycles. The van der Waals surface area contributed by atoms with Crippen LogP contribution in [0.4, 0.5) is 0 Å². The highest BCUT2D eigenvalue weighted by Gasteiger charge is 2.30. The van der Waals surface area contributed by atoms with E-state index >= 15 is 0 Å². The molecule has 0 fully saturated rings. The molecule has 1 aromatic heterocycles. The van der Waals surface area contributed by atoms with Gasteiger partial charge < -0.3 is 5.32 Å². The van der Waals surface area contributed by atoms with Gasteiger partial charge in [-0.15, -0.1) is 0 Å². The molecule has 1 N–H and O–H groups in total. The summed E-state index contributed by atoms with van der Waals surface area (Å²) < 4.78 is 26.6.